The van der Waals surface area contributed by atoms with E-state index in [9.17, 15) is 13.6 Å². The summed E-state index contributed by atoms with van der Waals surface area (Å²) in [4.78, 5) is 19.3. The number of halogens is 2. The zero-order valence-corrected chi connectivity index (χ0v) is 15.9. The van der Waals surface area contributed by atoms with Crippen LogP contribution in [0.25, 0.3) is 16.9 Å². The second kappa shape index (κ2) is 7.30. The van der Waals surface area contributed by atoms with E-state index < -0.39 is 6.43 Å². The van der Waals surface area contributed by atoms with Crippen LogP contribution in [0.2, 0.25) is 0 Å². The van der Waals surface area contributed by atoms with E-state index in [4.69, 9.17) is 0 Å². The summed E-state index contributed by atoms with van der Waals surface area (Å²) >= 11 is 0. The van der Waals surface area contributed by atoms with E-state index in [1.54, 1.807) is 4.90 Å². The maximum Gasteiger partial charge on any atom is 0.280 e. The van der Waals surface area contributed by atoms with Crippen molar-refractivity contribution < 1.29 is 13.6 Å². The highest BCUT2D eigenvalue weighted by Gasteiger charge is 2.27. The second-order valence-corrected chi connectivity index (χ2v) is 7.53. The van der Waals surface area contributed by atoms with Gasteiger partial charge >= 0.3 is 0 Å². The summed E-state index contributed by atoms with van der Waals surface area (Å²) in [6, 6.07) is 8.83. The number of hydrogen-bond donors (Lipinski definition) is 0. The Balaban J connectivity index is 1.82. The third kappa shape index (κ3) is 3.37. The molecule has 7 heteroatoms. The van der Waals surface area contributed by atoms with Crippen LogP contribution in [0, 0.1) is 12.8 Å². The number of piperidine rings is 1. The Kier molecular flexibility index (Phi) is 4.83. The first-order valence-corrected chi connectivity index (χ1v) is 9.47. The van der Waals surface area contributed by atoms with Crippen LogP contribution >= 0.6 is 0 Å². The second-order valence-electron chi connectivity index (χ2n) is 7.53. The van der Waals surface area contributed by atoms with Gasteiger partial charge < -0.3 is 4.90 Å². The maximum absolute atomic E-state index is 13.7. The van der Waals surface area contributed by atoms with Gasteiger partial charge in [-0.2, -0.15) is 5.10 Å². The van der Waals surface area contributed by atoms with Gasteiger partial charge in [0, 0.05) is 18.7 Å². The van der Waals surface area contributed by atoms with E-state index in [1.165, 1.54) is 12.3 Å². The smallest absolute Gasteiger partial charge is 0.280 e. The number of aryl methyl sites for hydroxylation is 1. The van der Waals surface area contributed by atoms with Gasteiger partial charge in [0.25, 0.3) is 12.3 Å². The molecule has 0 saturated carbocycles. The van der Waals surface area contributed by atoms with Gasteiger partial charge in [0.15, 0.2) is 5.65 Å². The summed E-state index contributed by atoms with van der Waals surface area (Å²) < 4.78 is 28.5. The van der Waals surface area contributed by atoms with Crippen molar-refractivity contribution in [1.82, 2.24) is 19.5 Å². The molecule has 0 radical (unpaired) electrons. The number of alkyl halides is 2. The topological polar surface area (TPSA) is 50.5 Å². The van der Waals surface area contributed by atoms with E-state index >= 15 is 0 Å². The van der Waals surface area contributed by atoms with Crippen molar-refractivity contribution in [2.45, 2.75) is 33.1 Å². The molecule has 28 heavy (non-hydrogen) atoms. The number of hydrogen-bond acceptors (Lipinski definition) is 3. The summed E-state index contributed by atoms with van der Waals surface area (Å²) in [6.07, 6.45) is 0.655. The molecule has 1 saturated heterocycles. The molecule has 2 aromatic heterocycles. The fourth-order valence-corrected chi connectivity index (χ4v) is 3.71. The van der Waals surface area contributed by atoms with Crippen LogP contribution in [-0.2, 0) is 0 Å². The zero-order chi connectivity index (χ0) is 19.8. The Morgan fingerprint density at radius 1 is 1.25 bits per heavy atom. The lowest BCUT2D eigenvalue weighted by atomic mass is 10.00. The fraction of sp³-hybridized carbons (Fsp3) is 0.381. The van der Waals surface area contributed by atoms with Gasteiger partial charge in [0.1, 0.15) is 11.3 Å². The predicted octanol–water partition coefficient (Wildman–Crippen LogP) is 4.51. The minimum absolute atomic E-state index is 0.177. The zero-order valence-electron chi connectivity index (χ0n) is 15.9. The molecule has 4 rings (SSSR count). The van der Waals surface area contributed by atoms with Crippen molar-refractivity contribution in [1.29, 1.82) is 0 Å². The van der Waals surface area contributed by atoms with Gasteiger partial charge in [-0.05, 0) is 31.7 Å². The Labute approximate surface area is 162 Å². The SMILES string of the molecule is Cc1ccc(-c2cc(C(F)F)n3ncc(C(=O)N4CCCC(C)C4)c3n2)cc1. The Morgan fingerprint density at radius 3 is 2.68 bits per heavy atom. The number of rotatable bonds is 3. The lowest BCUT2D eigenvalue weighted by Crippen LogP contribution is -2.39. The summed E-state index contributed by atoms with van der Waals surface area (Å²) in [5.41, 5.74) is 2.37. The van der Waals surface area contributed by atoms with Crippen LogP contribution in [0.5, 0.6) is 0 Å². The first kappa shape index (κ1) is 18.5. The van der Waals surface area contributed by atoms with Crippen LogP contribution in [0.4, 0.5) is 8.78 Å². The van der Waals surface area contributed by atoms with Crippen molar-refractivity contribution in [2.24, 2.45) is 5.92 Å². The van der Waals surface area contributed by atoms with Gasteiger partial charge in [-0.3, -0.25) is 4.79 Å². The third-order valence-corrected chi connectivity index (χ3v) is 5.24. The summed E-state index contributed by atoms with van der Waals surface area (Å²) in [5, 5.41) is 4.05. The van der Waals surface area contributed by atoms with Gasteiger partial charge in [-0.15, -0.1) is 0 Å². The monoisotopic (exact) mass is 384 g/mol. The fourth-order valence-electron chi connectivity index (χ4n) is 3.71. The molecule has 0 bridgehead atoms. The summed E-state index contributed by atoms with van der Waals surface area (Å²) in [5.74, 6) is 0.225. The molecule has 146 valence electrons. The molecule has 3 heterocycles. The molecule has 1 aliphatic heterocycles. The first-order valence-electron chi connectivity index (χ1n) is 9.47. The van der Waals surface area contributed by atoms with Crippen LogP contribution in [0.15, 0.2) is 36.5 Å². The standard InChI is InChI=1S/C21H22F2N4O/c1-13-5-7-15(8-6-13)17-10-18(19(22)23)27-20(25-17)16(11-24-27)21(28)26-9-3-4-14(2)12-26/h5-8,10-11,14,19H,3-4,9,12H2,1-2H3. The number of nitrogens with zero attached hydrogens (tertiary/aromatic N) is 4. The lowest BCUT2D eigenvalue weighted by molar-refractivity contribution is 0.0684. The van der Waals surface area contributed by atoms with Crippen molar-refractivity contribution in [3.05, 3.63) is 53.3 Å². The van der Waals surface area contributed by atoms with Crippen LogP contribution in [0.3, 0.4) is 0 Å². The highest BCUT2D eigenvalue weighted by atomic mass is 19.3. The first-order chi connectivity index (χ1) is 13.4. The number of benzene rings is 1. The molecule has 1 fully saturated rings. The van der Waals surface area contributed by atoms with E-state index in [2.05, 4.69) is 17.0 Å². The molecule has 0 aliphatic carbocycles. The number of fused-ring (bicyclic) bond motifs is 1. The van der Waals surface area contributed by atoms with Gasteiger partial charge in [-0.1, -0.05) is 36.8 Å². The van der Waals surface area contributed by atoms with E-state index in [1.807, 2.05) is 31.2 Å². The molecule has 1 aliphatic rings. The molecular weight excluding hydrogens is 362 g/mol. The molecule has 0 spiro atoms. The number of likely N-dealkylation sites (tertiary alicyclic amines) is 1. The van der Waals surface area contributed by atoms with Gasteiger partial charge in [0.2, 0.25) is 0 Å². The quantitative estimate of drug-likeness (QED) is 0.667. The molecule has 5 nitrogen and oxygen atoms in total. The van der Waals surface area contributed by atoms with Crippen molar-refractivity contribution in [3.63, 3.8) is 0 Å². The summed E-state index contributed by atoms with van der Waals surface area (Å²) in [6.45, 7) is 5.39. The van der Waals surface area contributed by atoms with Gasteiger partial charge in [-0.25, -0.2) is 18.3 Å². The highest BCUT2D eigenvalue weighted by Crippen LogP contribution is 2.28. The van der Waals surface area contributed by atoms with Crippen LogP contribution in [-0.4, -0.2) is 38.5 Å². The molecule has 1 atom stereocenters. The minimum atomic E-state index is -2.73. The normalized spacial score (nSPS) is 17.5. The predicted molar refractivity (Wildman–Crippen MR) is 102 cm³/mol. The van der Waals surface area contributed by atoms with Gasteiger partial charge in [0.05, 0.1) is 11.9 Å². The van der Waals surface area contributed by atoms with Crippen molar-refractivity contribution in [2.75, 3.05) is 13.1 Å². The molecule has 1 amide bonds. The number of carbonyl (C=O) groups excluding carboxylic acids is 1. The van der Waals surface area contributed by atoms with E-state index in [-0.39, 0.29) is 22.8 Å². The number of carbonyl (C=O) groups is 1. The molecule has 1 aromatic carbocycles. The van der Waals surface area contributed by atoms with Crippen LogP contribution < -0.4 is 0 Å². The average Bonchev–Trinajstić information content (AvgIpc) is 3.11. The van der Waals surface area contributed by atoms with E-state index in [0.29, 0.717) is 24.7 Å². The third-order valence-electron chi connectivity index (χ3n) is 5.24. The average molecular weight is 384 g/mol. The molecular formula is C21H22F2N4O. The maximum atomic E-state index is 13.7. The Hall–Kier alpha value is -2.83. The van der Waals surface area contributed by atoms with Crippen molar-refractivity contribution in [3.8, 4) is 11.3 Å². The summed E-state index contributed by atoms with van der Waals surface area (Å²) in [7, 11) is 0. The Morgan fingerprint density at radius 2 is 2.00 bits per heavy atom. The largest absolute Gasteiger partial charge is 0.338 e. The lowest BCUT2D eigenvalue weighted by Gasteiger charge is -2.30. The molecule has 1 unspecified atom stereocenters. The Bertz CT molecular complexity index is 1010. The molecule has 3 aromatic rings. The molecule has 0 N–H and O–H groups in total. The minimum Gasteiger partial charge on any atom is -0.338 e. The van der Waals surface area contributed by atoms with Crippen LogP contribution in [0.1, 0.15) is 47.8 Å². The van der Waals surface area contributed by atoms with E-state index in [0.717, 1.165) is 28.5 Å². The number of amides is 1. The highest BCUT2D eigenvalue weighted by molar-refractivity contribution is 6.00. The number of aromatic nitrogens is 3. The van der Waals surface area contributed by atoms with Crippen molar-refractivity contribution >= 4 is 11.6 Å².